The van der Waals surface area contributed by atoms with Gasteiger partial charge in [-0.25, -0.2) is 9.78 Å². The molecule has 3 nitrogen and oxygen atoms in total. The molecule has 4 heteroatoms. The summed E-state index contributed by atoms with van der Waals surface area (Å²) in [7, 11) is 1.38. The lowest BCUT2D eigenvalue weighted by molar-refractivity contribution is 0.0601. The van der Waals surface area contributed by atoms with E-state index in [4.69, 9.17) is 4.74 Å². The molecular weight excluding hydrogens is 246 g/mol. The Morgan fingerprint density at radius 2 is 2.17 bits per heavy atom. The second kappa shape index (κ2) is 5.31. The predicted molar refractivity (Wildman–Crippen MR) is 73.0 cm³/mol. The summed E-state index contributed by atoms with van der Waals surface area (Å²) in [5, 5.41) is 3.00. The van der Waals surface area contributed by atoms with Gasteiger partial charge in [0.25, 0.3) is 0 Å². The van der Waals surface area contributed by atoms with Gasteiger partial charge in [0, 0.05) is 10.9 Å². The number of carbonyl (C=O) groups excluding carboxylic acids is 1. The minimum absolute atomic E-state index is 0.322. The Morgan fingerprint density at radius 1 is 1.39 bits per heavy atom. The van der Waals surface area contributed by atoms with Gasteiger partial charge in [-0.05, 0) is 18.1 Å². The van der Waals surface area contributed by atoms with Crippen LogP contribution in [0.2, 0.25) is 0 Å². The third-order valence-corrected chi connectivity index (χ3v) is 3.55. The normalized spacial score (nSPS) is 10.7. The SMILES string of the molecule is COC(=O)c1cccc(-c2nc(C(C)C)cs2)c1. The zero-order valence-corrected chi connectivity index (χ0v) is 11.5. The third-order valence-electron chi connectivity index (χ3n) is 2.64. The fraction of sp³-hybridized carbons (Fsp3) is 0.286. The maximum atomic E-state index is 11.5. The number of nitrogens with zero attached hydrogens (tertiary/aromatic N) is 1. The van der Waals surface area contributed by atoms with Gasteiger partial charge in [0.2, 0.25) is 0 Å². The second-order valence-electron chi connectivity index (χ2n) is 4.30. The molecule has 0 saturated heterocycles. The maximum absolute atomic E-state index is 11.5. The van der Waals surface area contributed by atoms with E-state index in [2.05, 4.69) is 24.2 Å². The van der Waals surface area contributed by atoms with Crippen LogP contribution >= 0.6 is 11.3 Å². The molecule has 0 spiro atoms. The van der Waals surface area contributed by atoms with Gasteiger partial charge < -0.3 is 4.74 Å². The summed E-state index contributed by atoms with van der Waals surface area (Å²) < 4.78 is 4.71. The fourth-order valence-electron chi connectivity index (χ4n) is 1.58. The average Bonchev–Trinajstić information content (AvgIpc) is 2.88. The zero-order chi connectivity index (χ0) is 13.1. The number of aromatic nitrogens is 1. The maximum Gasteiger partial charge on any atom is 0.337 e. The van der Waals surface area contributed by atoms with E-state index in [1.165, 1.54) is 7.11 Å². The molecule has 94 valence electrons. The van der Waals surface area contributed by atoms with E-state index in [0.29, 0.717) is 11.5 Å². The molecule has 0 fully saturated rings. The number of carbonyl (C=O) groups is 1. The van der Waals surface area contributed by atoms with Crippen molar-refractivity contribution < 1.29 is 9.53 Å². The van der Waals surface area contributed by atoms with E-state index in [1.54, 1.807) is 17.4 Å². The van der Waals surface area contributed by atoms with E-state index in [0.717, 1.165) is 16.3 Å². The van der Waals surface area contributed by atoms with Crippen LogP contribution in [0.25, 0.3) is 10.6 Å². The topological polar surface area (TPSA) is 39.2 Å². The van der Waals surface area contributed by atoms with Crippen molar-refractivity contribution in [2.75, 3.05) is 7.11 Å². The molecule has 2 rings (SSSR count). The zero-order valence-electron chi connectivity index (χ0n) is 10.6. The highest BCUT2D eigenvalue weighted by Gasteiger charge is 2.10. The van der Waals surface area contributed by atoms with Crippen LogP contribution in [0.15, 0.2) is 29.6 Å². The standard InChI is InChI=1S/C14H15NO2S/c1-9(2)12-8-18-13(15-12)10-5-4-6-11(7-10)14(16)17-3/h4-9H,1-3H3. The molecule has 0 saturated carbocycles. The van der Waals surface area contributed by atoms with E-state index >= 15 is 0 Å². The summed E-state index contributed by atoms with van der Waals surface area (Å²) in [5.74, 6) is 0.0938. The van der Waals surface area contributed by atoms with Crippen LogP contribution in [0.3, 0.4) is 0 Å². The Bertz CT molecular complexity index is 560. The first-order chi connectivity index (χ1) is 8.61. The van der Waals surface area contributed by atoms with Crippen LogP contribution in [0.5, 0.6) is 0 Å². The lowest BCUT2D eigenvalue weighted by Crippen LogP contribution is -2.00. The Kier molecular flexibility index (Phi) is 3.77. The number of rotatable bonds is 3. The van der Waals surface area contributed by atoms with Crippen molar-refractivity contribution in [2.24, 2.45) is 0 Å². The van der Waals surface area contributed by atoms with Gasteiger partial charge in [-0.3, -0.25) is 0 Å². The molecule has 0 aliphatic carbocycles. The molecule has 0 amide bonds. The van der Waals surface area contributed by atoms with Crippen molar-refractivity contribution in [1.82, 2.24) is 4.98 Å². The minimum Gasteiger partial charge on any atom is -0.465 e. The molecular formula is C14H15NO2S. The number of hydrogen-bond donors (Lipinski definition) is 0. The smallest absolute Gasteiger partial charge is 0.337 e. The van der Waals surface area contributed by atoms with E-state index in [-0.39, 0.29) is 5.97 Å². The third kappa shape index (κ3) is 2.59. The Balaban J connectivity index is 2.35. The van der Waals surface area contributed by atoms with Gasteiger partial charge in [-0.15, -0.1) is 11.3 Å². The molecule has 1 heterocycles. The van der Waals surface area contributed by atoms with Crippen molar-refractivity contribution in [1.29, 1.82) is 0 Å². The monoisotopic (exact) mass is 261 g/mol. The highest BCUT2D eigenvalue weighted by molar-refractivity contribution is 7.13. The summed E-state index contributed by atoms with van der Waals surface area (Å²) in [6, 6.07) is 7.36. The van der Waals surface area contributed by atoms with Crippen LogP contribution in [-0.2, 0) is 4.74 Å². The molecule has 18 heavy (non-hydrogen) atoms. The van der Waals surface area contributed by atoms with Crippen molar-refractivity contribution in [3.63, 3.8) is 0 Å². The highest BCUT2D eigenvalue weighted by atomic mass is 32.1. The summed E-state index contributed by atoms with van der Waals surface area (Å²) in [4.78, 5) is 16.0. The van der Waals surface area contributed by atoms with Crippen molar-refractivity contribution >= 4 is 17.3 Å². The van der Waals surface area contributed by atoms with Crippen molar-refractivity contribution in [3.05, 3.63) is 40.9 Å². The number of hydrogen-bond acceptors (Lipinski definition) is 4. The van der Waals surface area contributed by atoms with Gasteiger partial charge in [0.1, 0.15) is 5.01 Å². The largest absolute Gasteiger partial charge is 0.465 e. The number of ether oxygens (including phenoxy) is 1. The molecule has 0 radical (unpaired) electrons. The molecule has 0 aliphatic rings. The Labute approximate surface area is 110 Å². The summed E-state index contributed by atoms with van der Waals surface area (Å²) >= 11 is 1.60. The van der Waals surface area contributed by atoms with Gasteiger partial charge in [0.15, 0.2) is 0 Å². The highest BCUT2D eigenvalue weighted by Crippen LogP contribution is 2.27. The van der Waals surface area contributed by atoms with Crippen molar-refractivity contribution in [2.45, 2.75) is 19.8 Å². The molecule has 0 N–H and O–H groups in total. The molecule has 1 aromatic heterocycles. The van der Waals surface area contributed by atoms with Gasteiger partial charge in [-0.1, -0.05) is 26.0 Å². The van der Waals surface area contributed by atoms with Crippen LogP contribution in [-0.4, -0.2) is 18.1 Å². The summed E-state index contributed by atoms with van der Waals surface area (Å²) in [6.07, 6.45) is 0. The molecule has 0 atom stereocenters. The lowest BCUT2D eigenvalue weighted by Gasteiger charge is -2.01. The number of esters is 1. The first-order valence-electron chi connectivity index (χ1n) is 5.76. The Morgan fingerprint density at radius 3 is 2.78 bits per heavy atom. The van der Waals surface area contributed by atoms with Crippen LogP contribution in [0.1, 0.15) is 35.8 Å². The first-order valence-corrected chi connectivity index (χ1v) is 6.64. The van der Waals surface area contributed by atoms with Crippen LogP contribution < -0.4 is 0 Å². The second-order valence-corrected chi connectivity index (χ2v) is 5.16. The number of benzene rings is 1. The first kappa shape index (κ1) is 12.8. The quantitative estimate of drug-likeness (QED) is 0.790. The molecule has 0 bridgehead atoms. The molecule has 0 aliphatic heterocycles. The summed E-state index contributed by atoms with van der Waals surface area (Å²) in [5.41, 5.74) is 2.59. The van der Waals surface area contributed by atoms with Gasteiger partial charge in [-0.2, -0.15) is 0 Å². The average molecular weight is 261 g/mol. The number of thiazole rings is 1. The van der Waals surface area contributed by atoms with E-state index in [9.17, 15) is 4.79 Å². The van der Waals surface area contributed by atoms with Crippen LogP contribution in [0.4, 0.5) is 0 Å². The van der Waals surface area contributed by atoms with E-state index in [1.807, 2.05) is 18.2 Å². The van der Waals surface area contributed by atoms with Gasteiger partial charge >= 0.3 is 5.97 Å². The van der Waals surface area contributed by atoms with Crippen molar-refractivity contribution in [3.8, 4) is 10.6 Å². The molecule has 0 unspecified atom stereocenters. The number of methoxy groups -OCH3 is 1. The molecule has 2 aromatic rings. The summed E-state index contributed by atoms with van der Waals surface area (Å²) in [6.45, 7) is 4.23. The lowest BCUT2D eigenvalue weighted by atomic mass is 10.1. The molecule has 1 aromatic carbocycles. The van der Waals surface area contributed by atoms with E-state index < -0.39 is 0 Å². The van der Waals surface area contributed by atoms with Crippen LogP contribution in [0, 0.1) is 0 Å². The fourth-order valence-corrected chi connectivity index (χ4v) is 2.56. The predicted octanol–water partition coefficient (Wildman–Crippen LogP) is 3.72. The minimum atomic E-state index is -0.322. The Hall–Kier alpha value is -1.68. The van der Waals surface area contributed by atoms with Gasteiger partial charge in [0.05, 0.1) is 18.4 Å².